The highest BCUT2D eigenvalue weighted by Gasteiger charge is 2.27. The van der Waals surface area contributed by atoms with Gasteiger partial charge in [-0.3, -0.25) is 4.79 Å². The third-order valence-electron chi connectivity index (χ3n) is 5.22. The van der Waals surface area contributed by atoms with Crippen molar-refractivity contribution < 1.29 is 5.11 Å². The second-order valence-electron chi connectivity index (χ2n) is 7.00. The lowest BCUT2D eigenvalue weighted by atomic mass is 9.92. The summed E-state index contributed by atoms with van der Waals surface area (Å²) < 4.78 is 2.93. The molecule has 144 valence electrons. The molecule has 4 nitrogen and oxygen atoms in total. The predicted octanol–water partition coefficient (Wildman–Crippen LogP) is 5.62. The molecule has 0 saturated carbocycles. The fourth-order valence-corrected chi connectivity index (χ4v) is 5.30. The maximum absolute atomic E-state index is 12.8. The zero-order valence-corrected chi connectivity index (χ0v) is 18.0. The summed E-state index contributed by atoms with van der Waals surface area (Å²) in [6.07, 6.45) is 0.872. The van der Waals surface area contributed by atoms with E-state index in [0.29, 0.717) is 28.9 Å². The fourth-order valence-electron chi connectivity index (χ4n) is 3.82. The number of hydrogen-bond acceptors (Lipinski definition) is 4. The van der Waals surface area contributed by atoms with Gasteiger partial charge >= 0.3 is 0 Å². The van der Waals surface area contributed by atoms with Gasteiger partial charge in [0.2, 0.25) is 0 Å². The van der Waals surface area contributed by atoms with Crippen molar-refractivity contribution in [1.82, 2.24) is 9.55 Å². The van der Waals surface area contributed by atoms with Crippen LogP contribution in [-0.4, -0.2) is 14.7 Å². The number of benzene rings is 2. The van der Waals surface area contributed by atoms with Crippen LogP contribution >= 0.6 is 27.3 Å². The molecule has 0 atom stereocenters. The highest BCUT2D eigenvalue weighted by atomic mass is 79.9. The lowest BCUT2D eigenvalue weighted by Crippen LogP contribution is -2.23. The molecule has 29 heavy (non-hydrogen) atoms. The van der Waals surface area contributed by atoms with E-state index in [1.807, 2.05) is 48.5 Å². The van der Waals surface area contributed by atoms with Crippen LogP contribution in [0.3, 0.4) is 0 Å². The van der Waals surface area contributed by atoms with Crippen LogP contribution in [0.2, 0.25) is 0 Å². The Labute approximate surface area is 179 Å². The van der Waals surface area contributed by atoms with Gasteiger partial charge in [0.1, 0.15) is 16.4 Å². The fraction of sp³-hybridized carbons (Fsp3) is 0.130. The van der Waals surface area contributed by atoms with Crippen LogP contribution in [0.1, 0.15) is 34.3 Å². The Kier molecular flexibility index (Phi) is 4.41. The number of hydrogen-bond donors (Lipinski definition) is 1. The number of thiophene rings is 1. The van der Waals surface area contributed by atoms with Gasteiger partial charge < -0.3 is 9.67 Å². The third-order valence-corrected chi connectivity index (χ3v) is 7.02. The Morgan fingerprint density at radius 3 is 2.83 bits per heavy atom. The van der Waals surface area contributed by atoms with Gasteiger partial charge in [0.15, 0.2) is 0 Å². The van der Waals surface area contributed by atoms with E-state index in [-0.39, 0.29) is 11.3 Å². The third kappa shape index (κ3) is 2.94. The second kappa shape index (κ2) is 6.97. The normalized spacial score (nSPS) is 14.6. The summed E-state index contributed by atoms with van der Waals surface area (Å²) in [5, 5.41) is 11.9. The lowest BCUT2D eigenvalue weighted by molar-refractivity contribution is 0.512. The van der Waals surface area contributed by atoms with E-state index in [2.05, 4.69) is 38.5 Å². The maximum Gasteiger partial charge on any atom is 0.281 e. The van der Waals surface area contributed by atoms with Gasteiger partial charge in [-0.25, -0.2) is 0 Å². The van der Waals surface area contributed by atoms with Crippen LogP contribution in [0.5, 0.6) is 0 Å². The first-order valence-corrected chi connectivity index (χ1v) is 11.0. The van der Waals surface area contributed by atoms with E-state index < -0.39 is 0 Å². The molecule has 0 spiro atoms. The summed E-state index contributed by atoms with van der Waals surface area (Å²) in [5.74, 6) is 0.633. The standard InChI is InChI=1S/C23H17BrN2O2S/c1-2-16-11-18-22(28)25-21-19(20(27)13-7-5-8-15(24)10-13)17-9-4-3-6-14(17)12-26(21)23(18)29-16/h3-11,27H,2,12H2,1H3/b20-19-. The number of aryl methyl sites for hydroxylation is 1. The molecule has 3 heterocycles. The van der Waals surface area contributed by atoms with Crippen molar-refractivity contribution in [3.8, 4) is 0 Å². The molecule has 1 N–H and O–H groups in total. The smallest absolute Gasteiger partial charge is 0.281 e. The van der Waals surface area contributed by atoms with Crippen LogP contribution in [0, 0.1) is 0 Å². The summed E-state index contributed by atoms with van der Waals surface area (Å²) in [6, 6.07) is 17.4. The van der Waals surface area contributed by atoms with Crippen LogP contribution in [0.15, 0.2) is 63.9 Å². The monoisotopic (exact) mass is 464 g/mol. The second-order valence-corrected chi connectivity index (χ2v) is 9.03. The minimum Gasteiger partial charge on any atom is -0.507 e. The number of rotatable bonds is 2. The molecule has 0 fully saturated rings. The van der Waals surface area contributed by atoms with Crippen molar-refractivity contribution in [2.75, 3.05) is 0 Å². The van der Waals surface area contributed by atoms with E-state index >= 15 is 0 Å². The molecule has 2 aromatic carbocycles. The Morgan fingerprint density at radius 1 is 1.21 bits per heavy atom. The van der Waals surface area contributed by atoms with E-state index in [9.17, 15) is 9.90 Å². The summed E-state index contributed by atoms with van der Waals surface area (Å²) >= 11 is 5.09. The number of fused-ring (bicyclic) bond motifs is 4. The summed E-state index contributed by atoms with van der Waals surface area (Å²) in [7, 11) is 0. The minimum absolute atomic E-state index is 0.116. The molecule has 1 aliphatic rings. The topological polar surface area (TPSA) is 55.1 Å². The first kappa shape index (κ1) is 18.3. The Balaban J connectivity index is 1.88. The van der Waals surface area contributed by atoms with Gasteiger partial charge in [0.05, 0.1) is 17.5 Å². The van der Waals surface area contributed by atoms with E-state index in [1.54, 1.807) is 11.3 Å². The number of aliphatic hydroxyl groups excluding tert-OH is 1. The average molecular weight is 465 g/mol. The zero-order chi connectivity index (χ0) is 20.1. The molecule has 0 bridgehead atoms. The van der Waals surface area contributed by atoms with Crippen molar-refractivity contribution in [2.24, 2.45) is 0 Å². The van der Waals surface area contributed by atoms with Gasteiger partial charge in [0.25, 0.3) is 5.56 Å². The molecule has 4 aromatic rings. The van der Waals surface area contributed by atoms with Crippen LogP contribution in [0.4, 0.5) is 0 Å². The van der Waals surface area contributed by atoms with Gasteiger partial charge in [-0.15, -0.1) is 11.3 Å². The number of aromatic nitrogens is 2. The summed E-state index contributed by atoms with van der Waals surface area (Å²) in [5.41, 5.74) is 3.02. The summed E-state index contributed by atoms with van der Waals surface area (Å²) in [4.78, 5) is 19.3. The molecule has 1 aliphatic heterocycles. The van der Waals surface area contributed by atoms with Gasteiger partial charge in [-0.2, -0.15) is 4.98 Å². The van der Waals surface area contributed by atoms with E-state index in [1.165, 1.54) is 0 Å². The SMILES string of the molecule is CCc1cc2c(=O)nc3n(c2s1)Cc1ccccc1/C3=C(/O)c1cccc(Br)c1. The molecule has 2 aromatic heterocycles. The number of halogens is 1. The van der Waals surface area contributed by atoms with Crippen molar-refractivity contribution in [2.45, 2.75) is 19.9 Å². The molecule has 6 heteroatoms. The van der Waals surface area contributed by atoms with E-state index in [0.717, 1.165) is 31.7 Å². The van der Waals surface area contributed by atoms with Gasteiger partial charge in [0, 0.05) is 14.9 Å². The number of nitrogens with zero attached hydrogens (tertiary/aromatic N) is 2. The Morgan fingerprint density at radius 2 is 2.03 bits per heavy atom. The van der Waals surface area contributed by atoms with Crippen LogP contribution in [-0.2, 0) is 13.0 Å². The van der Waals surface area contributed by atoms with Crippen molar-refractivity contribution >= 4 is 48.8 Å². The van der Waals surface area contributed by atoms with Crippen molar-refractivity contribution in [3.63, 3.8) is 0 Å². The highest BCUT2D eigenvalue weighted by molar-refractivity contribution is 9.10. The molecule has 0 unspecified atom stereocenters. The van der Waals surface area contributed by atoms with E-state index in [4.69, 9.17) is 0 Å². The maximum atomic E-state index is 12.8. The first-order valence-electron chi connectivity index (χ1n) is 9.38. The van der Waals surface area contributed by atoms with Crippen molar-refractivity contribution in [1.29, 1.82) is 0 Å². The number of aliphatic hydroxyl groups is 1. The molecule has 5 rings (SSSR count). The first-order chi connectivity index (χ1) is 14.1. The Hall–Kier alpha value is -2.70. The molecular formula is C23H17BrN2O2S. The predicted molar refractivity (Wildman–Crippen MR) is 121 cm³/mol. The largest absolute Gasteiger partial charge is 0.507 e. The van der Waals surface area contributed by atoms with Crippen LogP contribution in [0.25, 0.3) is 21.5 Å². The van der Waals surface area contributed by atoms with Crippen LogP contribution < -0.4 is 5.56 Å². The average Bonchev–Trinajstić information content (AvgIpc) is 3.18. The minimum atomic E-state index is -0.249. The highest BCUT2D eigenvalue weighted by Crippen LogP contribution is 2.38. The molecule has 0 aliphatic carbocycles. The lowest BCUT2D eigenvalue weighted by Gasteiger charge is -2.25. The quantitative estimate of drug-likeness (QED) is 0.345. The molecule has 0 radical (unpaired) electrons. The zero-order valence-electron chi connectivity index (χ0n) is 15.6. The molecule has 0 saturated heterocycles. The van der Waals surface area contributed by atoms with Crippen molar-refractivity contribution in [3.05, 3.63) is 96.8 Å². The van der Waals surface area contributed by atoms with Gasteiger partial charge in [-0.05, 0) is 35.7 Å². The van der Waals surface area contributed by atoms with Gasteiger partial charge in [-0.1, -0.05) is 59.3 Å². The summed E-state index contributed by atoms with van der Waals surface area (Å²) in [6.45, 7) is 2.70. The molecule has 0 amide bonds. The Bertz CT molecular complexity index is 1370. The molecular weight excluding hydrogens is 448 g/mol.